The maximum Gasteiger partial charge on any atom is 0.410 e. The van der Waals surface area contributed by atoms with E-state index in [1.165, 1.54) is 11.9 Å². The van der Waals surface area contributed by atoms with Crippen molar-refractivity contribution in [2.75, 3.05) is 31.5 Å². The zero-order valence-corrected chi connectivity index (χ0v) is 31.5. The Morgan fingerprint density at radius 1 is 1.08 bits per heavy atom. The van der Waals surface area contributed by atoms with E-state index >= 15 is 0 Å². The number of hydrogen-bond donors (Lipinski definition) is 1. The molecule has 1 spiro atoms. The highest BCUT2D eigenvalue weighted by Gasteiger charge is 2.51. The van der Waals surface area contributed by atoms with Gasteiger partial charge in [-0.3, -0.25) is 9.52 Å². The Balaban J connectivity index is 1.33. The molecule has 1 N–H and O–H groups in total. The maximum absolute atomic E-state index is 14.6. The first kappa shape index (κ1) is 35.8. The highest BCUT2D eigenvalue weighted by molar-refractivity contribution is 8.00. The number of ether oxygens (including phenoxy) is 3. The molecule has 1 atom stereocenters. The zero-order chi connectivity index (χ0) is 35.8. The number of benzene rings is 2. The third-order valence-corrected chi connectivity index (χ3v) is 10.9. The van der Waals surface area contributed by atoms with E-state index in [0.29, 0.717) is 47.8 Å². The van der Waals surface area contributed by atoms with Crippen LogP contribution in [0, 0.1) is 25.2 Å². The minimum Gasteiger partial charge on any atom is -0.490 e. The van der Waals surface area contributed by atoms with Crippen molar-refractivity contribution >= 4 is 29.9 Å². The summed E-state index contributed by atoms with van der Waals surface area (Å²) in [6, 6.07) is 13.8. The third kappa shape index (κ3) is 7.67. The second-order valence-corrected chi connectivity index (χ2v) is 16.4. The molecule has 4 bridgehead atoms. The zero-order valence-electron chi connectivity index (χ0n) is 30.7. The van der Waals surface area contributed by atoms with Crippen molar-refractivity contribution in [2.45, 2.75) is 103 Å². The van der Waals surface area contributed by atoms with E-state index < -0.39 is 5.60 Å². The molecule has 1 saturated heterocycles. The van der Waals surface area contributed by atoms with E-state index in [-0.39, 0.29) is 36.1 Å². The SMILES string of the molecule is COc1c2nc(nc1-c1c(C)cccc1C)NSc1cccc(c1)C(=O)N(C1CC3(CCN(C(=O)OC(C)(C)C)CC3)C1)C(CC(C)C)CO2. The number of amides is 2. The van der Waals surface area contributed by atoms with Crippen molar-refractivity contribution < 1.29 is 23.8 Å². The maximum atomic E-state index is 14.6. The van der Waals surface area contributed by atoms with E-state index in [1.54, 1.807) is 7.11 Å². The topological polar surface area (TPSA) is 106 Å². The molecule has 6 rings (SSSR count). The summed E-state index contributed by atoms with van der Waals surface area (Å²) < 4.78 is 21.6. The Morgan fingerprint density at radius 2 is 1.76 bits per heavy atom. The molecule has 2 amide bonds. The average molecular weight is 702 g/mol. The van der Waals surface area contributed by atoms with Gasteiger partial charge in [0.1, 0.15) is 17.9 Å². The quantitative estimate of drug-likeness (QED) is 0.263. The second-order valence-electron chi connectivity index (χ2n) is 15.6. The van der Waals surface area contributed by atoms with Crippen LogP contribution in [0.1, 0.15) is 88.2 Å². The molecule has 3 aliphatic rings. The van der Waals surface area contributed by atoms with Crippen LogP contribution >= 0.6 is 11.9 Å². The lowest BCUT2D eigenvalue weighted by Gasteiger charge is -2.56. The summed E-state index contributed by atoms with van der Waals surface area (Å²) >= 11 is 1.36. The molecule has 3 aromatic rings. The molecule has 1 aromatic heterocycles. The van der Waals surface area contributed by atoms with Crippen LogP contribution in [-0.4, -0.2) is 76.3 Å². The minimum atomic E-state index is -0.522. The van der Waals surface area contributed by atoms with Crippen LogP contribution < -0.4 is 14.2 Å². The van der Waals surface area contributed by atoms with Crippen molar-refractivity contribution in [1.82, 2.24) is 19.8 Å². The van der Waals surface area contributed by atoms with Crippen LogP contribution in [0.15, 0.2) is 47.4 Å². The van der Waals surface area contributed by atoms with Crippen molar-refractivity contribution in [1.29, 1.82) is 0 Å². The lowest BCUT2D eigenvalue weighted by Crippen LogP contribution is -2.60. The predicted octanol–water partition coefficient (Wildman–Crippen LogP) is 8.32. The normalized spacial score (nSPS) is 19.5. The molecular formula is C39H51N5O5S. The molecule has 10 nitrogen and oxygen atoms in total. The molecule has 3 heterocycles. The van der Waals surface area contributed by atoms with Crippen LogP contribution in [0.2, 0.25) is 0 Å². The average Bonchev–Trinajstić information content (AvgIpc) is 3.04. The van der Waals surface area contributed by atoms with Gasteiger partial charge in [-0.1, -0.05) is 38.1 Å². The van der Waals surface area contributed by atoms with Crippen molar-refractivity contribution in [2.24, 2.45) is 11.3 Å². The molecule has 11 heteroatoms. The van der Waals surface area contributed by atoms with E-state index in [9.17, 15) is 9.59 Å². The minimum absolute atomic E-state index is 0.00738. The number of aryl methyl sites for hydroxylation is 2. The number of likely N-dealkylation sites (tertiary alicyclic amines) is 1. The molecule has 2 fully saturated rings. The number of piperidine rings is 1. The standard InChI is InChI=1S/C39H51N5O5S/c1-24(2)19-28-23-48-34-33(47-8)32(31-25(3)11-9-12-26(31)4)40-36(41-34)42-50-30-14-10-13-27(20-30)35(45)44(28)29-21-39(22-29)15-17-43(18-16-39)37(46)49-38(5,6)7/h9-14,20,24,28-29H,15-19,21-23H2,1-8H3,(H,40,41,42). The summed E-state index contributed by atoms with van der Waals surface area (Å²) in [6.45, 7) is 15.8. The van der Waals surface area contributed by atoms with Gasteiger partial charge in [-0.15, -0.1) is 0 Å². The van der Waals surface area contributed by atoms with E-state index in [4.69, 9.17) is 24.2 Å². The second kappa shape index (κ2) is 14.3. The fraction of sp³-hybridized carbons (Fsp3) is 0.538. The fourth-order valence-corrected chi connectivity index (χ4v) is 8.34. The number of methoxy groups -OCH3 is 1. The predicted molar refractivity (Wildman–Crippen MR) is 197 cm³/mol. The third-order valence-electron chi connectivity index (χ3n) is 10.1. The number of carbonyl (C=O) groups is 2. The number of carbonyl (C=O) groups excluding carboxylic acids is 2. The Bertz CT molecular complexity index is 1700. The van der Waals surface area contributed by atoms with Crippen LogP contribution in [-0.2, 0) is 4.74 Å². The van der Waals surface area contributed by atoms with E-state index in [1.807, 2.05) is 56.0 Å². The molecule has 1 unspecified atom stereocenters. The van der Waals surface area contributed by atoms with Crippen LogP contribution in [0.3, 0.4) is 0 Å². The molecular weight excluding hydrogens is 651 g/mol. The van der Waals surface area contributed by atoms with Crippen LogP contribution in [0.25, 0.3) is 11.3 Å². The summed E-state index contributed by atoms with van der Waals surface area (Å²) in [5.74, 6) is 1.53. The number of hydrogen-bond acceptors (Lipinski definition) is 9. The van der Waals surface area contributed by atoms with Gasteiger partial charge in [0.15, 0.2) is 0 Å². The summed E-state index contributed by atoms with van der Waals surface area (Å²) in [5.41, 5.74) is 4.00. The summed E-state index contributed by atoms with van der Waals surface area (Å²) in [6.07, 6.45) is 4.10. The van der Waals surface area contributed by atoms with Crippen LogP contribution in [0.4, 0.5) is 10.7 Å². The Kier molecular flexibility index (Phi) is 10.3. The number of nitrogens with zero attached hydrogens (tertiary/aromatic N) is 4. The number of rotatable bonds is 5. The monoisotopic (exact) mass is 701 g/mol. The van der Waals surface area contributed by atoms with Gasteiger partial charge in [0, 0.05) is 35.2 Å². The largest absolute Gasteiger partial charge is 0.490 e. The smallest absolute Gasteiger partial charge is 0.410 e. The van der Waals surface area contributed by atoms with Gasteiger partial charge < -0.3 is 24.0 Å². The number of fused-ring (bicyclic) bond motifs is 4. The molecule has 1 saturated carbocycles. The first-order valence-electron chi connectivity index (χ1n) is 17.7. The van der Waals surface area contributed by atoms with Crippen molar-refractivity contribution in [3.05, 3.63) is 59.2 Å². The van der Waals surface area contributed by atoms with E-state index in [0.717, 1.165) is 53.7 Å². The molecule has 0 radical (unpaired) electrons. The number of aromatic nitrogens is 2. The molecule has 2 aromatic carbocycles. The van der Waals surface area contributed by atoms with Gasteiger partial charge in [-0.05, 0) is 119 Å². The highest BCUT2D eigenvalue weighted by atomic mass is 32.2. The number of anilines is 1. The van der Waals surface area contributed by atoms with Crippen molar-refractivity contribution in [3.8, 4) is 22.9 Å². The first-order valence-corrected chi connectivity index (χ1v) is 18.6. The Morgan fingerprint density at radius 3 is 2.40 bits per heavy atom. The van der Waals surface area contributed by atoms with Gasteiger partial charge in [0.25, 0.3) is 11.8 Å². The fourth-order valence-electron chi connectivity index (χ4n) is 7.71. The first-order chi connectivity index (χ1) is 23.8. The summed E-state index contributed by atoms with van der Waals surface area (Å²) in [5, 5.41) is 0. The number of nitrogens with one attached hydrogen (secondary N) is 1. The summed E-state index contributed by atoms with van der Waals surface area (Å²) in [7, 11) is 1.62. The van der Waals surface area contributed by atoms with E-state index in [2.05, 4.69) is 49.4 Å². The molecule has 268 valence electrons. The summed E-state index contributed by atoms with van der Waals surface area (Å²) in [4.78, 5) is 41.9. The lowest BCUT2D eigenvalue weighted by molar-refractivity contribution is -0.0555. The Hall–Kier alpha value is -3.99. The van der Waals surface area contributed by atoms with Gasteiger partial charge in [-0.25, -0.2) is 9.78 Å². The Labute approximate surface area is 300 Å². The van der Waals surface area contributed by atoms with Crippen LogP contribution in [0.5, 0.6) is 11.6 Å². The van der Waals surface area contributed by atoms with Gasteiger partial charge in [0.2, 0.25) is 11.7 Å². The highest BCUT2D eigenvalue weighted by Crippen LogP contribution is 2.52. The van der Waals surface area contributed by atoms with Gasteiger partial charge in [-0.2, -0.15) is 4.98 Å². The van der Waals surface area contributed by atoms with Crippen molar-refractivity contribution in [3.63, 3.8) is 0 Å². The molecule has 50 heavy (non-hydrogen) atoms. The molecule has 2 aliphatic heterocycles. The van der Waals surface area contributed by atoms with Gasteiger partial charge >= 0.3 is 6.09 Å². The lowest BCUT2D eigenvalue weighted by atomic mass is 9.59. The van der Waals surface area contributed by atoms with Gasteiger partial charge in [0.05, 0.1) is 13.2 Å². The molecule has 1 aliphatic carbocycles.